The lowest BCUT2D eigenvalue weighted by molar-refractivity contribution is 0.0699. The summed E-state index contributed by atoms with van der Waals surface area (Å²) >= 11 is 1.78. The van der Waals surface area contributed by atoms with Crippen molar-refractivity contribution in [3.63, 3.8) is 0 Å². The highest BCUT2D eigenvalue weighted by Gasteiger charge is 2.10. The number of carboxylic acid groups (broad SMARTS) is 1. The van der Waals surface area contributed by atoms with Crippen LogP contribution in [0.4, 0.5) is 0 Å². The molecule has 0 aliphatic rings. The molecule has 0 amide bonds. The van der Waals surface area contributed by atoms with Crippen LogP contribution in [0.3, 0.4) is 0 Å². The van der Waals surface area contributed by atoms with Crippen molar-refractivity contribution in [2.45, 2.75) is 18.2 Å². The second kappa shape index (κ2) is 5.23. The van der Waals surface area contributed by atoms with E-state index in [-0.39, 0.29) is 0 Å². The molecule has 0 aromatic heterocycles. The van der Waals surface area contributed by atoms with Gasteiger partial charge >= 0.3 is 5.97 Å². The number of carboxylic acids is 1. The molecule has 0 spiro atoms. The molecule has 0 radical (unpaired) electrons. The van der Waals surface area contributed by atoms with E-state index in [2.05, 4.69) is 6.92 Å². The summed E-state index contributed by atoms with van der Waals surface area (Å²) in [6.07, 6.45) is 1.11. The lowest BCUT2D eigenvalue weighted by Crippen LogP contribution is -1.97. The van der Waals surface area contributed by atoms with Crippen LogP contribution in [0.15, 0.2) is 41.3 Å². The maximum atomic E-state index is 11.1. The van der Waals surface area contributed by atoms with Gasteiger partial charge in [0.1, 0.15) is 0 Å². The zero-order valence-electron chi connectivity index (χ0n) is 9.64. The van der Waals surface area contributed by atoms with E-state index in [1.807, 2.05) is 30.3 Å². The van der Waals surface area contributed by atoms with E-state index in [9.17, 15) is 4.79 Å². The summed E-state index contributed by atoms with van der Waals surface area (Å²) in [5.74, 6) is 0.185. The molecule has 2 rings (SSSR count). The Balaban J connectivity index is 2.58. The van der Waals surface area contributed by atoms with Crippen molar-refractivity contribution in [2.75, 3.05) is 5.75 Å². The Bertz CT molecular complexity index is 549. The zero-order valence-corrected chi connectivity index (χ0v) is 10.5. The smallest absolute Gasteiger partial charge is 0.336 e. The summed E-state index contributed by atoms with van der Waals surface area (Å²) in [6.45, 7) is 2.14. The van der Waals surface area contributed by atoms with Crippen molar-refractivity contribution < 1.29 is 9.90 Å². The minimum absolute atomic E-state index is 0.376. The van der Waals surface area contributed by atoms with Gasteiger partial charge in [-0.25, -0.2) is 4.79 Å². The minimum atomic E-state index is -0.867. The van der Waals surface area contributed by atoms with Crippen molar-refractivity contribution in [1.29, 1.82) is 0 Å². The fraction of sp³-hybridized carbons (Fsp3) is 0.214. The summed E-state index contributed by atoms with van der Waals surface area (Å²) in [5.41, 5.74) is 0.376. The van der Waals surface area contributed by atoms with Gasteiger partial charge in [-0.15, -0.1) is 11.8 Å². The molecule has 2 nitrogen and oxygen atoms in total. The van der Waals surface area contributed by atoms with E-state index in [4.69, 9.17) is 5.11 Å². The first-order chi connectivity index (χ1) is 8.24. The van der Waals surface area contributed by atoms with Crippen molar-refractivity contribution in [1.82, 2.24) is 0 Å². The quantitative estimate of drug-likeness (QED) is 0.827. The second-order valence-corrected chi connectivity index (χ2v) is 4.95. The lowest BCUT2D eigenvalue weighted by atomic mass is 10.0. The molecular formula is C14H14O2S. The van der Waals surface area contributed by atoms with Crippen LogP contribution in [0.25, 0.3) is 10.8 Å². The van der Waals surface area contributed by atoms with Gasteiger partial charge in [-0.05, 0) is 35.1 Å². The van der Waals surface area contributed by atoms with Crippen LogP contribution < -0.4 is 0 Å². The normalized spacial score (nSPS) is 10.6. The molecule has 0 bridgehead atoms. The Morgan fingerprint density at radius 2 is 1.88 bits per heavy atom. The van der Waals surface area contributed by atoms with Gasteiger partial charge in [0.05, 0.1) is 5.56 Å². The highest BCUT2D eigenvalue weighted by atomic mass is 32.2. The standard InChI is InChI=1S/C14H14O2S/c1-2-9-17-13-8-7-12(14(15)16)10-5-3-4-6-11(10)13/h3-8H,2,9H2,1H3,(H,15,16). The monoisotopic (exact) mass is 246 g/mol. The van der Waals surface area contributed by atoms with Crippen LogP contribution in [0.2, 0.25) is 0 Å². The molecule has 0 aliphatic carbocycles. The van der Waals surface area contributed by atoms with E-state index in [0.717, 1.165) is 27.8 Å². The Morgan fingerprint density at radius 1 is 1.18 bits per heavy atom. The molecule has 0 aliphatic heterocycles. The summed E-state index contributed by atoms with van der Waals surface area (Å²) in [6, 6.07) is 11.3. The largest absolute Gasteiger partial charge is 0.478 e. The van der Waals surface area contributed by atoms with Crippen LogP contribution in [0.1, 0.15) is 23.7 Å². The van der Waals surface area contributed by atoms with Crippen LogP contribution in [-0.2, 0) is 0 Å². The fourth-order valence-electron chi connectivity index (χ4n) is 1.80. The Labute approximate surface area is 105 Å². The first-order valence-electron chi connectivity index (χ1n) is 5.62. The maximum Gasteiger partial charge on any atom is 0.336 e. The third kappa shape index (κ3) is 2.44. The molecule has 2 aromatic rings. The topological polar surface area (TPSA) is 37.3 Å². The maximum absolute atomic E-state index is 11.1. The summed E-state index contributed by atoms with van der Waals surface area (Å²) in [5, 5.41) is 11.0. The van der Waals surface area contributed by atoms with Gasteiger partial charge in [-0.2, -0.15) is 0 Å². The number of aromatic carboxylic acids is 1. The molecule has 88 valence electrons. The Morgan fingerprint density at radius 3 is 2.53 bits per heavy atom. The Kier molecular flexibility index (Phi) is 3.69. The summed E-state index contributed by atoms with van der Waals surface area (Å²) in [4.78, 5) is 12.3. The van der Waals surface area contributed by atoms with Gasteiger partial charge < -0.3 is 5.11 Å². The SMILES string of the molecule is CCCSc1ccc(C(=O)O)c2ccccc12. The third-order valence-electron chi connectivity index (χ3n) is 2.58. The predicted octanol–water partition coefficient (Wildman–Crippen LogP) is 4.04. The van der Waals surface area contributed by atoms with E-state index >= 15 is 0 Å². The van der Waals surface area contributed by atoms with Crippen molar-refractivity contribution >= 4 is 28.5 Å². The number of carbonyl (C=O) groups is 1. The predicted molar refractivity (Wildman–Crippen MR) is 71.9 cm³/mol. The van der Waals surface area contributed by atoms with Gasteiger partial charge in [-0.3, -0.25) is 0 Å². The Hall–Kier alpha value is -1.48. The van der Waals surface area contributed by atoms with E-state index < -0.39 is 5.97 Å². The second-order valence-electron chi connectivity index (χ2n) is 3.81. The van der Waals surface area contributed by atoms with Crippen molar-refractivity contribution in [3.05, 3.63) is 42.0 Å². The van der Waals surface area contributed by atoms with Crippen LogP contribution in [-0.4, -0.2) is 16.8 Å². The van der Waals surface area contributed by atoms with E-state index in [1.54, 1.807) is 17.8 Å². The number of fused-ring (bicyclic) bond motifs is 1. The molecule has 2 aromatic carbocycles. The molecule has 0 saturated heterocycles. The first kappa shape index (κ1) is 12.0. The summed E-state index contributed by atoms with van der Waals surface area (Å²) < 4.78 is 0. The highest BCUT2D eigenvalue weighted by molar-refractivity contribution is 7.99. The van der Waals surface area contributed by atoms with Crippen LogP contribution in [0.5, 0.6) is 0 Å². The fourth-order valence-corrected chi connectivity index (χ4v) is 2.72. The molecule has 0 saturated carbocycles. The van der Waals surface area contributed by atoms with Crippen LogP contribution >= 0.6 is 11.8 Å². The number of hydrogen-bond acceptors (Lipinski definition) is 2. The van der Waals surface area contributed by atoms with E-state index in [1.165, 1.54) is 0 Å². The third-order valence-corrected chi connectivity index (χ3v) is 3.86. The van der Waals surface area contributed by atoms with Crippen LogP contribution in [0, 0.1) is 0 Å². The zero-order chi connectivity index (χ0) is 12.3. The van der Waals surface area contributed by atoms with Gasteiger partial charge in [0.15, 0.2) is 0 Å². The van der Waals surface area contributed by atoms with Crippen molar-refractivity contribution in [3.8, 4) is 0 Å². The number of benzene rings is 2. The van der Waals surface area contributed by atoms with Gasteiger partial charge in [0.2, 0.25) is 0 Å². The first-order valence-corrected chi connectivity index (χ1v) is 6.60. The van der Waals surface area contributed by atoms with E-state index in [0.29, 0.717) is 5.56 Å². The molecule has 1 N–H and O–H groups in total. The van der Waals surface area contributed by atoms with Gasteiger partial charge in [-0.1, -0.05) is 31.2 Å². The number of rotatable bonds is 4. The van der Waals surface area contributed by atoms with Crippen molar-refractivity contribution in [2.24, 2.45) is 0 Å². The molecule has 3 heteroatoms. The average Bonchev–Trinajstić information content (AvgIpc) is 2.35. The minimum Gasteiger partial charge on any atom is -0.478 e. The molecule has 0 atom stereocenters. The molecule has 0 fully saturated rings. The van der Waals surface area contributed by atoms with Gasteiger partial charge in [0, 0.05) is 4.90 Å². The molecule has 0 unspecified atom stereocenters. The number of hydrogen-bond donors (Lipinski definition) is 1. The van der Waals surface area contributed by atoms with Gasteiger partial charge in [0.25, 0.3) is 0 Å². The summed E-state index contributed by atoms with van der Waals surface area (Å²) in [7, 11) is 0. The molecule has 17 heavy (non-hydrogen) atoms. The highest BCUT2D eigenvalue weighted by Crippen LogP contribution is 2.30. The lowest BCUT2D eigenvalue weighted by Gasteiger charge is -2.08. The molecule has 0 heterocycles. The molecular weight excluding hydrogens is 232 g/mol. The number of thioether (sulfide) groups is 1. The average molecular weight is 246 g/mol.